The zero-order valence-electron chi connectivity index (χ0n) is 10.7. The van der Waals surface area contributed by atoms with Gasteiger partial charge in [0.1, 0.15) is 0 Å². The van der Waals surface area contributed by atoms with Crippen LogP contribution >= 0.6 is 0 Å². The lowest BCUT2D eigenvalue weighted by molar-refractivity contribution is -0.392. The average Bonchev–Trinajstić information content (AvgIpc) is 2.46. The van der Waals surface area contributed by atoms with Crippen molar-refractivity contribution in [3.63, 3.8) is 0 Å². The normalized spacial score (nSPS) is 14.8. The molecule has 0 amide bonds. The third kappa shape index (κ3) is 2.89. The van der Waals surface area contributed by atoms with Crippen LogP contribution in [0.1, 0.15) is 10.4 Å². The van der Waals surface area contributed by atoms with Crippen molar-refractivity contribution in [2.45, 2.75) is 0 Å². The molecule has 1 aromatic rings. The molecule has 1 aliphatic heterocycles. The van der Waals surface area contributed by atoms with E-state index in [1.54, 1.807) is 0 Å². The van der Waals surface area contributed by atoms with Crippen molar-refractivity contribution in [1.29, 1.82) is 0 Å². The zero-order chi connectivity index (χ0) is 15.6. The highest BCUT2D eigenvalue weighted by molar-refractivity contribution is 5.92. The minimum absolute atomic E-state index is 0.182. The number of benzene rings is 1. The lowest BCUT2D eigenvalue weighted by Gasteiger charge is -2.28. The molecular weight excluding hydrogens is 286 g/mol. The van der Waals surface area contributed by atoms with Crippen LogP contribution in [0.3, 0.4) is 0 Å². The predicted molar refractivity (Wildman–Crippen MR) is 69.7 cm³/mol. The second kappa shape index (κ2) is 5.71. The van der Waals surface area contributed by atoms with Gasteiger partial charge in [-0.15, -0.1) is 0 Å². The molecular formula is C11H11N3O7. The highest BCUT2D eigenvalue weighted by atomic mass is 16.6. The van der Waals surface area contributed by atoms with Crippen LogP contribution in [0.4, 0.5) is 17.1 Å². The highest BCUT2D eigenvalue weighted by Gasteiger charge is 2.33. The van der Waals surface area contributed by atoms with Gasteiger partial charge in [-0.25, -0.2) is 4.79 Å². The van der Waals surface area contributed by atoms with Crippen LogP contribution < -0.4 is 4.90 Å². The Morgan fingerprint density at radius 2 is 1.62 bits per heavy atom. The number of nitro groups is 2. The minimum Gasteiger partial charge on any atom is -0.478 e. The minimum atomic E-state index is -1.46. The number of ether oxygens (including phenoxy) is 1. The summed E-state index contributed by atoms with van der Waals surface area (Å²) >= 11 is 0. The number of carboxylic acid groups (broad SMARTS) is 1. The average molecular weight is 297 g/mol. The fourth-order valence-electron chi connectivity index (χ4n) is 2.12. The summed E-state index contributed by atoms with van der Waals surface area (Å²) in [5.74, 6) is -1.46. The van der Waals surface area contributed by atoms with Crippen LogP contribution in [0, 0.1) is 20.2 Å². The summed E-state index contributed by atoms with van der Waals surface area (Å²) in [5, 5.41) is 31.2. The number of nitrogens with zero attached hydrogens (tertiary/aromatic N) is 3. The van der Waals surface area contributed by atoms with Gasteiger partial charge in [0.15, 0.2) is 5.69 Å². The van der Waals surface area contributed by atoms with E-state index >= 15 is 0 Å². The molecule has 0 aliphatic carbocycles. The molecule has 1 aliphatic rings. The van der Waals surface area contributed by atoms with E-state index in [4.69, 9.17) is 9.84 Å². The third-order valence-electron chi connectivity index (χ3n) is 3.04. The van der Waals surface area contributed by atoms with Gasteiger partial charge in [0.2, 0.25) is 0 Å². The van der Waals surface area contributed by atoms with Gasteiger partial charge in [-0.3, -0.25) is 20.2 Å². The smallest absolute Gasteiger partial charge is 0.336 e. The Balaban J connectivity index is 2.66. The number of aromatic carboxylic acids is 1. The van der Waals surface area contributed by atoms with E-state index in [9.17, 15) is 25.0 Å². The van der Waals surface area contributed by atoms with E-state index in [0.29, 0.717) is 0 Å². The first-order valence-corrected chi connectivity index (χ1v) is 5.94. The maximum Gasteiger partial charge on any atom is 0.336 e. The Bertz CT molecular complexity index is 575. The quantitative estimate of drug-likeness (QED) is 0.642. The van der Waals surface area contributed by atoms with Crippen LogP contribution in [-0.2, 0) is 4.74 Å². The maximum atomic E-state index is 11.1. The van der Waals surface area contributed by atoms with Crippen molar-refractivity contribution in [1.82, 2.24) is 0 Å². The van der Waals surface area contributed by atoms with Crippen molar-refractivity contribution in [3.8, 4) is 0 Å². The largest absolute Gasteiger partial charge is 0.478 e. The molecule has 0 spiro atoms. The van der Waals surface area contributed by atoms with Crippen molar-refractivity contribution in [2.75, 3.05) is 31.2 Å². The lowest BCUT2D eigenvalue weighted by atomic mass is 10.1. The summed E-state index contributed by atoms with van der Waals surface area (Å²) < 4.78 is 5.11. The Morgan fingerprint density at radius 1 is 1.14 bits per heavy atom. The van der Waals surface area contributed by atoms with Crippen LogP contribution in [0.15, 0.2) is 12.1 Å². The summed E-state index contributed by atoms with van der Waals surface area (Å²) in [5.41, 5.74) is -1.87. The molecule has 2 rings (SSSR count). The molecule has 112 valence electrons. The first kappa shape index (κ1) is 14.7. The molecule has 0 aromatic heterocycles. The van der Waals surface area contributed by atoms with Crippen molar-refractivity contribution in [2.24, 2.45) is 0 Å². The predicted octanol–water partition coefficient (Wildman–Crippen LogP) is 1.04. The van der Waals surface area contributed by atoms with E-state index < -0.39 is 32.8 Å². The van der Waals surface area contributed by atoms with Crippen molar-refractivity contribution >= 4 is 23.0 Å². The SMILES string of the molecule is O=C(O)c1cc([N+](=O)[O-])c(N2CCOCC2)c([N+](=O)[O-])c1. The Morgan fingerprint density at radius 3 is 2.00 bits per heavy atom. The molecule has 1 N–H and O–H groups in total. The van der Waals surface area contributed by atoms with Crippen LogP contribution in [0.25, 0.3) is 0 Å². The molecule has 0 bridgehead atoms. The molecule has 1 aromatic carbocycles. The first-order chi connectivity index (χ1) is 9.91. The fourth-order valence-corrected chi connectivity index (χ4v) is 2.12. The van der Waals surface area contributed by atoms with Gasteiger partial charge in [-0.2, -0.15) is 0 Å². The summed E-state index contributed by atoms with van der Waals surface area (Å²) in [7, 11) is 0. The molecule has 0 saturated carbocycles. The zero-order valence-corrected chi connectivity index (χ0v) is 10.7. The van der Waals surface area contributed by atoms with Crippen molar-refractivity contribution < 1.29 is 24.5 Å². The molecule has 21 heavy (non-hydrogen) atoms. The van der Waals surface area contributed by atoms with Gasteiger partial charge in [-0.1, -0.05) is 0 Å². The van der Waals surface area contributed by atoms with E-state index in [0.717, 1.165) is 12.1 Å². The van der Waals surface area contributed by atoms with Crippen LogP contribution in [0.2, 0.25) is 0 Å². The molecule has 1 heterocycles. The molecule has 10 nitrogen and oxygen atoms in total. The molecule has 0 unspecified atom stereocenters. The number of rotatable bonds is 4. The Hall–Kier alpha value is -2.75. The van der Waals surface area contributed by atoms with Gasteiger partial charge in [0.05, 0.1) is 28.6 Å². The van der Waals surface area contributed by atoms with Gasteiger partial charge < -0.3 is 14.7 Å². The van der Waals surface area contributed by atoms with E-state index in [1.165, 1.54) is 4.90 Å². The number of nitro benzene ring substituents is 2. The van der Waals surface area contributed by atoms with E-state index in [-0.39, 0.29) is 32.0 Å². The number of carboxylic acids is 1. The van der Waals surface area contributed by atoms with Crippen LogP contribution in [-0.4, -0.2) is 47.2 Å². The van der Waals surface area contributed by atoms with Gasteiger partial charge in [0.25, 0.3) is 0 Å². The van der Waals surface area contributed by atoms with Crippen LogP contribution in [0.5, 0.6) is 0 Å². The standard InChI is InChI=1S/C11H11N3O7/c15-11(16)7-5-8(13(17)18)10(9(6-7)14(19)20)12-1-3-21-4-2-12/h5-6H,1-4H2,(H,15,16). The number of carbonyl (C=O) groups is 1. The lowest BCUT2D eigenvalue weighted by Crippen LogP contribution is -2.37. The molecule has 0 atom stereocenters. The molecule has 1 saturated heterocycles. The second-order valence-corrected chi connectivity index (χ2v) is 4.28. The number of hydrogen-bond acceptors (Lipinski definition) is 7. The molecule has 0 radical (unpaired) electrons. The number of morpholine rings is 1. The highest BCUT2D eigenvalue weighted by Crippen LogP contribution is 2.39. The third-order valence-corrected chi connectivity index (χ3v) is 3.04. The van der Waals surface area contributed by atoms with Gasteiger partial charge in [0, 0.05) is 25.2 Å². The number of hydrogen-bond donors (Lipinski definition) is 1. The fraction of sp³-hybridized carbons (Fsp3) is 0.364. The summed E-state index contributed by atoms with van der Waals surface area (Å²) in [4.78, 5) is 33.1. The second-order valence-electron chi connectivity index (χ2n) is 4.28. The Labute approximate surface area is 117 Å². The summed E-state index contributed by atoms with van der Waals surface area (Å²) in [6.45, 7) is 1.09. The van der Waals surface area contributed by atoms with E-state index in [1.807, 2.05) is 0 Å². The number of anilines is 1. The summed E-state index contributed by atoms with van der Waals surface area (Å²) in [6, 6.07) is 1.67. The molecule has 10 heteroatoms. The van der Waals surface area contributed by atoms with Gasteiger partial charge >= 0.3 is 17.3 Å². The Kier molecular flexibility index (Phi) is 3.98. The van der Waals surface area contributed by atoms with Gasteiger partial charge in [-0.05, 0) is 0 Å². The first-order valence-electron chi connectivity index (χ1n) is 5.94. The summed E-state index contributed by atoms with van der Waals surface area (Å²) in [6.07, 6.45) is 0. The topological polar surface area (TPSA) is 136 Å². The van der Waals surface area contributed by atoms with Crippen molar-refractivity contribution in [3.05, 3.63) is 37.9 Å². The maximum absolute atomic E-state index is 11.1. The van der Waals surface area contributed by atoms with E-state index in [2.05, 4.69) is 0 Å². The monoisotopic (exact) mass is 297 g/mol. The molecule has 1 fully saturated rings.